The SMILES string of the molecule is Nc1ncnc2[nH]nc(-c3cc(O)ccc3Cl)c12. The van der Waals surface area contributed by atoms with E-state index in [-0.39, 0.29) is 5.75 Å². The number of nitrogens with zero attached hydrogens (tertiary/aromatic N) is 3. The van der Waals surface area contributed by atoms with E-state index in [1.165, 1.54) is 18.5 Å². The van der Waals surface area contributed by atoms with E-state index in [4.69, 9.17) is 17.3 Å². The molecule has 0 atom stereocenters. The van der Waals surface area contributed by atoms with E-state index in [1.807, 2.05) is 0 Å². The maximum absolute atomic E-state index is 9.52. The van der Waals surface area contributed by atoms with Gasteiger partial charge in [-0.05, 0) is 18.2 Å². The highest BCUT2D eigenvalue weighted by molar-refractivity contribution is 6.33. The normalized spacial score (nSPS) is 10.9. The van der Waals surface area contributed by atoms with Crippen LogP contribution in [0.4, 0.5) is 5.82 Å². The van der Waals surface area contributed by atoms with Crippen LogP contribution < -0.4 is 5.73 Å². The van der Waals surface area contributed by atoms with Gasteiger partial charge in [-0.15, -0.1) is 0 Å². The lowest BCUT2D eigenvalue weighted by Crippen LogP contribution is -1.92. The van der Waals surface area contributed by atoms with Gasteiger partial charge in [0.05, 0.1) is 10.4 Å². The first-order valence-electron chi connectivity index (χ1n) is 5.10. The van der Waals surface area contributed by atoms with E-state index >= 15 is 0 Å². The molecule has 4 N–H and O–H groups in total. The second-order valence-corrected chi connectivity index (χ2v) is 4.13. The lowest BCUT2D eigenvalue weighted by molar-refractivity contribution is 0.475. The number of aromatic nitrogens is 4. The first kappa shape index (κ1) is 10.8. The van der Waals surface area contributed by atoms with E-state index in [1.54, 1.807) is 6.07 Å². The lowest BCUT2D eigenvalue weighted by atomic mass is 10.1. The van der Waals surface area contributed by atoms with Gasteiger partial charge in [0.2, 0.25) is 0 Å². The summed E-state index contributed by atoms with van der Waals surface area (Å²) in [6.07, 6.45) is 1.35. The summed E-state index contributed by atoms with van der Waals surface area (Å²) < 4.78 is 0. The van der Waals surface area contributed by atoms with Crippen LogP contribution in [0.2, 0.25) is 5.02 Å². The Morgan fingerprint density at radius 1 is 1.28 bits per heavy atom. The van der Waals surface area contributed by atoms with Crippen molar-refractivity contribution < 1.29 is 5.11 Å². The van der Waals surface area contributed by atoms with Crippen molar-refractivity contribution in [3.63, 3.8) is 0 Å². The number of phenolic OH excluding ortho intramolecular Hbond substituents is 1. The molecule has 3 rings (SSSR count). The average Bonchev–Trinajstić information content (AvgIpc) is 2.77. The number of aromatic amines is 1. The van der Waals surface area contributed by atoms with Crippen LogP contribution in [0.5, 0.6) is 5.75 Å². The number of hydrogen-bond donors (Lipinski definition) is 3. The van der Waals surface area contributed by atoms with Crippen LogP contribution in [0.1, 0.15) is 0 Å². The quantitative estimate of drug-likeness (QED) is 0.622. The number of fused-ring (bicyclic) bond motifs is 1. The first-order valence-corrected chi connectivity index (χ1v) is 5.48. The Morgan fingerprint density at radius 2 is 2.11 bits per heavy atom. The van der Waals surface area contributed by atoms with Crippen LogP contribution in [0.15, 0.2) is 24.5 Å². The molecule has 90 valence electrons. The molecule has 0 bridgehead atoms. The summed E-state index contributed by atoms with van der Waals surface area (Å²) in [4.78, 5) is 7.94. The van der Waals surface area contributed by atoms with Gasteiger partial charge in [-0.3, -0.25) is 5.10 Å². The average molecular weight is 262 g/mol. The molecule has 0 aliphatic carbocycles. The van der Waals surface area contributed by atoms with E-state index in [2.05, 4.69) is 20.2 Å². The molecule has 0 saturated heterocycles. The third-order valence-corrected chi connectivity index (χ3v) is 2.92. The molecule has 0 aliphatic heterocycles. The number of rotatable bonds is 1. The Hall–Kier alpha value is -2.34. The van der Waals surface area contributed by atoms with E-state index < -0.39 is 0 Å². The second kappa shape index (κ2) is 3.85. The number of nitrogens with one attached hydrogen (secondary N) is 1. The number of hydrogen-bond acceptors (Lipinski definition) is 5. The summed E-state index contributed by atoms with van der Waals surface area (Å²) in [6, 6.07) is 4.61. The Bertz CT molecular complexity index is 739. The number of benzene rings is 1. The van der Waals surface area contributed by atoms with Crippen LogP contribution in [-0.2, 0) is 0 Å². The highest BCUT2D eigenvalue weighted by Gasteiger charge is 2.15. The van der Waals surface area contributed by atoms with Crippen LogP contribution >= 0.6 is 11.6 Å². The largest absolute Gasteiger partial charge is 0.508 e. The minimum atomic E-state index is 0.0981. The van der Waals surface area contributed by atoms with Crippen molar-refractivity contribution in [2.45, 2.75) is 0 Å². The van der Waals surface area contributed by atoms with Crippen molar-refractivity contribution >= 4 is 28.5 Å². The number of anilines is 1. The molecule has 0 radical (unpaired) electrons. The van der Waals surface area contributed by atoms with Crippen molar-refractivity contribution in [1.29, 1.82) is 0 Å². The first-order chi connectivity index (χ1) is 8.66. The molecule has 18 heavy (non-hydrogen) atoms. The predicted octanol–water partition coefficient (Wildman–Crippen LogP) is 1.96. The molecular weight excluding hydrogens is 254 g/mol. The molecule has 0 fully saturated rings. The van der Waals surface area contributed by atoms with Crippen molar-refractivity contribution in [3.05, 3.63) is 29.5 Å². The molecule has 0 unspecified atom stereocenters. The fraction of sp³-hybridized carbons (Fsp3) is 0. The zero-order valence-corrected chi connectivity index (χ0v) is 9.81. The topological polar surface area (TPSA) is 101 Å². The monoisotopic (exact) mass is 261 g/mol. The highest BCUT2D eigenvalue weighted by atomic mass is 35.5. The van der Waals surface area contributed by atoms with Gasteiger partial charge in [-0.25, -0.2) is 9.97 Å². The van der Waals surface area contributed by atoms with E-state index in [9.17, 15) is 5.11 Å². The summed E-state index contributed by atoms with van der Waals surface area (Å²) in [5, 5.41) is 17.4. The molecule has 0 saturated carbocycles. The van der Waals surface area contributed by atoms with Crippen molar-refractivity contribution in [2.24, 2.45) is 0 Å². The number of nitrogens with two attached hydrogens (primary N) is 1. The van der Waals surface area contributed by atoms with Gasteiger partial charge < -0.3 is 10.8 Å². The molecule has 1 aromatic carbocycles. The lowest BCUT2D eigenvalue weighted by Gasteiger charge is -2.03. The van der Waals surface area contributed by atoms with Crippen LogP contribution in [0, 0.1) is 0 Å². The van der Waals surface area contributed by atoms with Gasteiger partial charge >= 0.3 is 0 Å². The molecule has 6 nitrogen and oxygen atoms in total. The molecule has 0 aliphatic rings. The van der Waals surface area contributed by atoms with Gasteiger partial charge in [0, 0.05) is 5.56 Å². The molecular formula is C11H8ClN5O. The van der Waals surface area contributed by atoms with Gasteiger partial charge in [0.1, 0.15) is 23.6 Å². The van der Waals surface area contributed by atoms with Crippen molar-refractivity contribution in [3.8, 4) is 17.0 Å². The third-order valence-electron chi connectivity index (χ3n) is 2.59. The molecule has 0 spiro atoms. The van der Waals surface area contributed by atoms with Crippen LogP contribution in [0.3, 0.4) is 0 Å². The smallest absolute Gasteiger partial charge is 0.161 e. The molecule has 7 heteroatoms. The summed E-state index contributed by atoms with van der Waals surface area (Å²) >= 11 is 6.09. The standard InChI is InChI=1S/C11H8ClN5O/c12-7-2-1-5(18)3-6(7)9-8-10(13)14-4-15-11(8)17-16-9/h1-4,18H,(H3,13,14,15,16,17). The Labute approximate surface area is 106 Å². The predicted molar refractivity (Wildman–Crippen MR) is 68.2 cm³/mol. The molecule has 2 heterocycles. The van der Waals surface area contributed by atoms with E-state index in [0.717, 1.165) is 0 Å². The van der Waals surface area contributed by atoms with Gasteiger partial charge in [0.15, 0.2) is 5.65 Å². The second-order valence-electron chi connectivity index (χ2n) is 3.72. The molecule has 2 aromatic heterocycles. The maximum Gasteiger partial charge on any atom is 0.161 e. The molecule has 0 amide bonds. The van der Waals surface area contributed by atoms with Crippen LogP contribution in [-0.4, -0.2) is 25.3 Å². The van der Waals surface area contributed by atoms with Crippen LogP contribution in [0.25, 0.3) is 22.3 Å². The minimum absolute atomic E-state index is 0.0981. The van der Waals surface area contributed by atoms with Gasteiger partial charge in [0.25, 0.3) is 0 Å². The number of nitrogen functional groups attached to an aromatic ring is 1. The summed E-state index contributed by atoms with van der Waals surface area (Å²) in [5.74, 6) is 0.407. The van der Waals surface area contributed by atoms with Gasteiger partial charge in [-0.1, -0.05) is 11.6 Å². The third kappa shape index (κ3) is 1.54. The minimum Gasteiger partial charge on any atom is -0.508 e. The number of halogens is 1. The summed E-state index contributed by atoms with van der Waals surface area (Å²) in [5.41, 5.74) is 7.43. The zero-order valence-electron chi connectivity index (χ0n) is 9.05. The fourth-order valence-electron chi connectivity index (χ4n) is 1.77. The Morgan fingerprint density at radius 3 is 2.94 bits per heavy atom. The maximum atomic E-state index is 9.52. The fourth-order valence-corrected chi connectivity index (χ4v) is 1.98. The van der Waals surface area contributed by atoms with Crippen molar-refractivity contribution in [1.82, 2.24) is 20.2 Å². The number of phenols is 1. The van der Waals surface area contributed by atoms with E-state index in [0.29, 0.717) is 33.1 Å². The van der Waals surface area contributed by atoms with Crippen molar-refractivity contribution in [2.75, 3.05) is 5.73 Å². The Kier molecular flexibility index (Phi) is 2.31. The Balaban J connectivity index is 2.35. The molecule has 3 aromatic rings. The number of H-pyrrole nitrogens is 1. The number of aromatic hydroxyl groups is 1. The summed E-state index contributed by atoms with van der Waals surface area (Å²) in [7, 11) is 0. The zero-order chi connectivity index (χ0) is 12.7. The highest BCUT2D eigenvalue weighted by Crippen LogP contribution is 2.34. The summed E-state index contributed by atoms with van der Waals surface area (Å²) in [6.45, 7) is 0. The van der Waals surface area contributed by atoms with Gasteiger partial charge in [-0.2, -0.15) is 5.10 Å².